The lowest BCUT2D eigenvalue weighted by Gasteiger charge is -2.08. The fourth-order valence-electron chi connectivity index (χ4n) is 1.62. The van der Waals surface area contributed by atoms with Gasteiger partial charge in [0.1, 0.15) is 0 Å². The number of Topliss-reactive ketones (excluding diaryl/α,β-unsaturated/α-hetero) is 1. The van der Waals surface area contributed by atoms with Gasteiger partial charge < -0.3 is 0 Å². The molecule has 1 heterocycles. The van der Waals surface area contributed by atoms with Crippen LogP contribution < -0.4 is 0 Å². The molecule has 0 aliphatic heterocycles. The maximum Gasteiger partial charge on any atom is 0.160 e. The Kier molecular flexibility index (Phi) is 3.02. The van der Waals surface area contributed by atoms with Gasteiger partial charge >= 0.3 is 0 Å². The summed E-state index contributed by atoms with van der Waals surface area (Å²) in [6.45, 7) is 1.53. The Bertz CT molecular complexity index is 523. The van der Waals surface area contributed by atoms with Crippen molar-refractivity contribution in [1.29, 1.82) is 0 Å². The number of pyridine rings is 1. The zero-order valence-electron chi connectivity index (χ0n) is 8.77. The standard InChI is InChI=1S/C13H10ClNO/c1-9(16)11-5-2-6-12(14)13(11)10-4-3-7-15-8-10/h2-8H,1H3. The molecule has 0 N–H and O–H groups in total. The summed E-state index contributed by atoms with van der Waals surface area (Å²) in [6, 6.07) is 9.04. The Labute approximate surface area is 98.9 Å². The molecule has 0 amide bonds. The molecule has 0 saturated carbocycles. The minimum atomic E-state index is 0.00125. The smallest absolute Gasteiger partial charge is 0.160 e. The van der Waals surface area contributed by atoms with Gasteiger partial charge in [-0.2, -0.15) is 0 Å². The first-order valence-corrected chi connectivity index (χ1v) is 5.28. The molecule has 2 nitrogen and oxygen atoms in total. The topological polar surface area (TPSA) is 30.0 Å². The third-order valence-corrected chi connectivity index (χ3v) is 2.66. The normalized spacial score (nSPS) is 10.1. The Morgan fingerprint density at radius 1 is 1.25 bits per heavy atom. The Morgan fingerprint density at radius 2 is 2.06 bits per heavy atom. The molecule has 3 heteroatoms. The highest BCUT2D eigenvalue weighted by Gasteiger charge is 2.12. The maximum atomic E-state index is 11.5. The predicted octanol–water partition coefficient (Wildman–Crippen LogP) is 3.60. The second-order valence-corrected chi connectivity index (χ2v) is 3.87. The first kappa shape index (κ1) is 10.8. The number of nitrogens with zero attached hydrogens (tertiary/aromatic N) is 1. The van der Waals surface area contributed by atoms with Crippen LogP contribution >= 0.6 is 11.6 Å². The molecular formula is C13H10ClNO. The quantitative estimate of drug-likeness (QED) is 0.739. The van der Waals surface area contributed by atoms with Crippen molar-refractivity contribution >= 4 is 17.4 Å². The van der Waals surface area contributed by atoms with Crippen molar-refractivity contribution in [2.75, 3.05) is 0 Å². The molecule has 0 saturated heterocycles. The molecule has 0 spiro atoms. The van der Waals surface area contributed by atoms with Crippen LogP contribution in [0, 0.1) is 0 Å². The number of carbonyl (C=O) groups excluding carboxylic acids is 1. The number of carbonyl (C=O) groups is 1. The first-order chi connectivity index (χ1) is 7.70. The number of hydrogen-bond donors (Lipinski definition) is 0. The summed E-state index contributed by atoms with van der Waals surface area (Å²) in [5.41, 5.74) is 2.24. The monoisotopic (exact) mass is 231 g/mol. The molecule has 0 radical (unpaired) electrons. The van der Waals surface area contributed by atoms with Gasteiger partial charge in [0.15, 0.2) is 5.78 Å². The number of ketones is 1. The Morgan fingerprint density at radius 3 is 2.69 bits per heavy atom. The number of aromatic nitrogens is 1. The molecule has 1 aromatic heterocycles. The van der Waals surface area contributed by atoms with Crippen LogP contribution in [0.25, 0.3) is 11.1 Å². The van der Waals surface area contributed by atoms with Crippen LogP contribution in [0.1, 0.15) is 17.3 Å². The van der Waals surface area contributed by atoms with Crippen LogP contribution in [0.5, 0.6) is 0 Å². The lowest BCUT2D eigenvalue weighted by atomic mass is 9.99. The average molecular weight is 232 g/mol. The number of hydrogen-bond acceptors (Lipinski definition) is 2. The van der Waals surface area contributed by atoms with E-state index in [1.54, 1.807) is 30.6 Å². The summed E-state index contributed by atoms with van der Waals surface area (Å²) in [4.78, 5) is 15.5. The third-order valence-electron chi connectivity index (χ3n) is 2.34. The van der Waals surface area contributed by atoms with E-state index in [0.29, 0.717) is 10.6 Å². The van der Waals surface area contributed by atoms with E-state index in [-0.39, 0.29) is 5.78 Å². The summed E-state index contributed by atoms with van der Waals surface area (Å²) in [5, 5.41) is 0.570. The van der Waals surface area contributed by atoms with Crippen LogP contribution in [-0.4, -0.2) is 10.8 Å². The summed E-state index contributed by atoms with van der Waals surface area (Å²) < 4.78 is 0. The van der Waals surface area contributed by atoms with Gasteiger partial charge in [-0.1, -0.05) is 29.8 Å². The zero-order valence-corrected chi connectivity index (χ0v) is 9.53. The van der Waals surface area contributed by atoms with Crippen molar-refractivity contribution in [3.05, 3.63) is 53.3 Å². The SMILES string of the molecule is CC(=O)c1cccc(Cl)c1-c1cccnc1. The molecule has 16 heavy (non-hydrogen) atoms. The lowest BCUT2D eigenvalue weighted by molar-refractivity contribution is 0.101. The summed E-state index contributed by atoms with van der Waals surface area (Å²) in [5.74, 6) is 0.00125. The summed E-state index contributed by atoms with van der Waals surface area (Å²) in [6.07, 6.45) is 3.39. The molecule has 1 aromatic carbocycles. The van der Waals surface area contributed by atoms with E-state index in [2.05, 4.69) is 4.98 Å². The Hall–Kier alpha value is -1.67. The van der Waals surface area contributed by atoms with Crippen LogP contribution in [-0.2, 0) is 0 Å². The maximum absolute atomic E-state index is 11.5. The van der Waals surface area contributed by atoms with E-state index in [1.807, 2.05) is 12.1 Å². The predicted molar refractivity (Wildman–Crippen MR) is 64.7 cm³/mol. The molecule has 0 bridgehead atoms. The van der Waals surface area contributed by atoms with Crippen molar-refractivity contribution in [2.45, 2.75) is 6.92 Å². The number of halogens is 1. The van der Waals surface area contributed by atoms with Gasteiger partial charge in [-0.05, 0) is 19.1 Å². The third kappa shape index (κ3) is 1.97. The van der Waals surface area contributed by atoms with Gasteiger partial charge in [0.05, 0.1) is 0 Å². The largest absolute Gasteiger partial charge is 0.294 e. The molecular weight excluding hydrogens is 222 g/mol. The van der Waals surface area contributed by atoms with Gasteiger partial charge in [-0.3, -0.25) is 9.78 Å². The van der Waals surface area contributed by atoms with Gasteiger partial charge in [0, 0.05) is 34.1 Å². The van der Waals surface area contributed by atoms with Crippen molar-refractivity contribution in [3.63, 3.8) is 0 Å². The molecule has 0 atom stereocenters. The fraction of sp³-hybridized carbons (Fsp3) is 0.0769. The van der Waals surface area contributed by atoms with Crippen molar-refractivity contribution in [3.8, 4) is 11.1 Å². The molecule has 2 rings (SSSR count). The van der Waals surface area contributed by atoms with E-state index in [9.17, 15) is 4.79 Å². The molecule has 0 aliphatic carbocycles. The fourth-order valence-corrected chi connectivity index (χ4v) is 1.91. The first-order valence-electron chi connectivity index (χ1n) is 4.90. The molecule has 0 unspecified atom stereocenters. The highest BCUT2D eigenvalue weighted by molar-refractivity contribution is 6.34. The van der Waals surface area contributed by atoms with Crippen LogP contribution in [0.2, 0.25) is 5.02 Å². The van der Waals surface area contributed by atoms with E-state index in [0.717, 1.165) is 11.1 Å². The van der Waals surface area contributed by atoms with E-state index in [4.69, 9.17) is 11.6 Å². The van der Waals surface area contributed by atoms with Gasteiger partial charge in [-0.15, -0.1) is 0 Å². The summed E-state index contributed by atoms with van der Waals surface area (Å²) in [7, 11) is 0. The lowest BCUT2D eigenvalue weighted by Crippen LogP contribution is -1.96. The highest BCUT2D eigenvalue weighted by Crippen LogP contribution is 2.30. The number of rotatable bonds is 2. The minimum absolute atomic E-state index is 0.00125. The van der Waals surface area contributed by atoms with Gasteiger partial charge in [0.2, 0.25) is 0 Å². The van der Waals surface area contributed by atoms with Crippen molar-refractivity contribution in [2.24, 2.45) is 0 Å². The number of benzene rings is 1. The van der Waals surface area contributed by atoms with Crippen molar-refractivity contribution < 1.29 is 4.79 Å². The van der Waals surface area contributed by atoms with E-state index in [1.165, 1.54) is 6.92 Å². The zero-order chi connectivity index (χ0) is 11.5. The molecule has 0 fully saturated rings. The summed E-state index contributed by atoms with van der Waals surface area (Å²) >= 11 is 6.13. The second kappa shape index (κ2) is 4.45. The molecule has 2 aromatic rings. The van der Waals surface area contributed by atoms with Crippen molar-refractivity contribution in [1.82, 2.24) is 4.98 Å². The second-order valence-electron chi connectivity index (χ2n) is 3.46. The van der Waals surface area contributed by atoms with Gasteiger partial charge in [0.25, 0.3) is 0 Å². The highest BCUT2D eigenvalue weighted by atomic mass is 35.5. The average Bonchev–Trinajstić information content (AvgIpc) is 2.29. The Balaban J connectivity index is 2.68. The minimum Gasteiger partial charge on any atom is -0.294 e. The molecule has 0 aliphatic rings. The van der Waals surface area contributed by atoms with E-state index < -0.39 is 0 Å². The van der Waals surface area contributed by atoms with Crippen LogP contribution in [0.3, 0.4) is 0 Å². The van der Waals surface area contributed by atoms with Crippen LogP contribution in [0.15, 0.2) is 42.7 Å². The van der Waals surface area contributed by atoms with Crippen LogP contribution in [0.4, 0.5) is 0 Å². The van der Waals surface area contributed by atoms with E-state index >= 15 is 0 Å². The molecule has 80 valence electrons. The van der Waals surface area contributed by atoms with Gasteiger partial charge in [-0.25, -0.2) is 0 Å².